The summed E-state index contributed by atoms with van der Waals surface area (Å²) in [4.78, 5) is 9.79. The number of quaternary nitrogens is 1. The van der Waals surface area contributed by atoms with Crippen molar-refractivity contribution < 1.29 is 32.5 Å². The summed E-state index contributed by atoms with van der Waals surface area (Å²) in [5, 5.41) is 0. The van der Waals surface area contributed by atoms with Crippen molar-refractivity contribution in [2.75, 3.05) is 61.2 Å². The number of phosphoric ester groups is 1. The minimum absolute atomic E-state index is 0.0389. The third kappa shape index (κ3) is 26.6. The van der Waals surface area contributed by atoms with Crippen molar-refractivity contribution in [3.8, 4) is 0 Å². The second-order valence-electron chi connectivity index (χ2n) is 10.5. The number of hydrogen-bond acceptors (Lipinski definition) is 5. The lowest BCUT2D eigenvalue weighted by Gasteiger charge is -2.24. The van der Waals surface area contributed by atoms with Gasteiger partial charge in [0.25, 0.3) is 0 Å². The van der Waals surface area contributed by atoms with Crippen LogP contribution < -0.4 is 0 Å². The SMILES string of the molecule is CCCCCCCC=CCCCCCCCCCOC[C@H](COP(=O)(O)OCC[N+](C)(C)C)OC. The highest BCUT2D eigenvalue weighted by molar-refractivity contribution is 7.47. The lowest BCUT2D eigenvalue weighted by molar-refractivity contribution is -0.870. The number of nitrogens with zero attached hydrogens (tertiary/aromatic N) is 1. The Morgan fingerprint density at radius 2 is 1.31 bits per heavy atom. The normalized spacial score (nSPS) is 15.0. The molecule has 0 bridgehead atoms. The summed E-state index contributed by atoms with van der Waals surface area (Å²) in [6.07, 6.45) is 22.3. The van der Waals surface area contributed by atoms with Crippen LogP contribution in [0.4, 0.5) is 0 Å². The van der Waals surface area contributed by atoms with Gasteiger partial charge in [-0.3, -0.25) is 9.05 Å². The third-order valence-corrected chi connectivity index (χ3v) is 6.86. The first kappa shape index (κ1) is 34.7. The Morgan fingerprint density at radius 1 is 0.771 bits per heavy atom. The molecule has 7 nitrogen and oxygen atoms in total. The molecule has 210 valence electrons. The highest BCUT2D eigenvalue weighted by Crippen LogP contribution is 2.43. The van der Waals surface area contributed by atoms with Gasteiger partial charge in [-0.1, -0.05) is 76.9 Å². The zero-order chi connectivity index (χ0) is 26.3. The molecule has 1 N–H and O–H groups in total. The fourth-order valence-corrected chi connectivity index (χ4v) is 4.24. The summed E-state index contributed by atoms with van der Waals surface area (Å²) < 4.78 is 33.6. The van der Waals surface area contributed by atoms with Crippen molar-refractivity contribution >= 4 is 7.82 Å². The van der Waals surface area contributed by atoms with Crippen molar-refractivity contribution in [1.29, 1.82) is 0 Å². The molecule has 0 aliphatic heterocycles. The van der Waals surface area contributed by atoms with E-state index in [-0.39, 0.29) is 13.2 Å². The Kier molecular flexibility index (Phi) is 22.7. The van der Waals surface area contributed by atoms with Gasteiger partial charge in [-0.05, 0) is 32.1 Å². The number of methoxy groups -OCH3 is 1. The Bertz CT molecular complexity index is 538. The smallest absolute Gasteiger partial charge is 0.379 e. The van der Waals surface area contributed by atoms with E-state index in [1.54, 1.807) is 7.11 Å². The van der Waals surface area contributed by atoms with Gasteiger partial charge in [0.1, 0.15) is 19.3 Å². The molecule has 0 heterocycles. The van der Waals surface area contributed by atoms with Crippen molar-refractivity contribution in [2.24, 2.45) is 0 Å². The Hall–Kier alpha value is -0.270. The zero-order valence-electron chi connectivity index (χ0n) is 23.5. The first-order valence-corrected chi connectivity index (χ1v) is 15.4. The second-order valence-corrected chi connectivity index (χ2v) is 11.9. The maximum Gasteiger partial charge on any atom is 0.472 e. The van der Waals surface area contributed by atoms with Crippen molar-refractivity contribution in [2.45, 2.75) is 103 Å². The van der Waals surface area contributed by atoms with Crippen LogP contribution in [-0.4, -0.2) is 76.7 Å². The van der Waals surface area contributed by atoms with Crippen LogP contribution in [-0.2, 0) is 23.1 Å². The van der Waals surface area contributed by atoms with Crippen LogP contribution in [0, 0.1) is 0 Å². The molecule has 0 amide bonds. The molecule has 0 rings (SSSR count). The van der Waals surface area contributed by atoms with E-state index in [9.17, 15) is 9.46 Å². The summed E-state index contributed by atoms with van der Waals surface area (Å²) in [5.74, 6) is 0. The molecule has 35 heavy (non-hydrogen) atoms. The standard InChI is InChI=1S/C27H56NO6P/c1-6-7-8-9-10-11-12-13-14-15-16-17-18-19-20-21-23-32-25-27(31-5)26-34-35(29,30)33-24-22-28(2,3)4/h12-13,27H,6-11,14-26H2,1-5H3/p+1/t27-/m1/s1. The Balaban J connectivity index is 3.54. The van der Waals surface area contributed by atoms with E-state index >= 15 is 0 Å². The van der Waals surface area contributed by atoms with Crippen LogP contribution in [0.2, 0.25) is 0 Å². The molecule has 1 unspecified atom stereocenters. The van der Waals surface area contributed by atoms with Gasteiger partial charge in [-0.15, -0.1) is 0 Å². The number of likely N-dealkylation sites (N-methyl/N-ethyl adjacent to an activating group) is 1. The van der Waals surface area contributed by atoms with E-state index in [4.69, 9.17) is 18.5 Å². The molecule has 0 aliphatic rings. The number of unbranched alkanes of at least 4 members (excludes halogenated alkanes) is 12. The van der Waals surface area contributed by atoms with E-state index in [1.165, 1.54) is 77.0 Å². The first-order valence-electron chi connectivity index (χ1n) is 13.9. The zero-order valence-corrected chi connectivity index (χ0v) is 24.4. The number of rotatable bonds is 26. The monoisotopic (exact) mass is 522 g/mol. The number of ether oxygens (including phenoxy) is 2. The Labute approximate surface area is 216 Å². The molecule has 0 aliphatic carbocycles. The fraction of sp³-hybridized carbons (Fsp3) is 0.926. The summed E-state index contributed by atoms with van der Waals surface area (Å²) in [5.41, 5.74) is 0. The molecule has 8 heteroatoms. The van der Waals surface area contributed by atoms with E-state index in [1.807, 2.05) is 21.1 Å². The number of allylic oxidation sites excluding steroid dienone is 2. The predicted octanol–water partition coefficient (Wildman–Crippen LogP) is 6.90. The second kappa shape index (κ2) is 22.9. The molecular formula is C27H57NO6P+. The number of phosphoric acid groups is 1. The van der Waals surface area contributed by atoms with Crippen LogP contribution in [0.3, 0.4) is 0 Å². The quantitative estimate of drug-likeness (QED) is 0.0577. The molecule has 2 atom stereocenters. The average Bonchev–Trinajstić information content (AvgIpc) is 2.79. The average molecular weight is 523 g/mol. The van der Waals surface area contributed by atoms with Crippen LogP contribution in [0.5, 0.6) is 0 Å². The lowest BCUT2D eigenvalue weighted by Crippen LogP contribution is -2.37. The highest BCUT2D eigenvalue weighted by atomic mass is 31.2. The van der Waals surface area contributed by atoms with Gasteiger partial charge in [0.15, 0.2) is 0 Å². The topological polar surface area (TPSA) is 74.2 Å². The van der Waals surface area contributed by atoms with Crippen molar-refractivity contribution in [1.82, 2.24) is 0 Å². The van der Waals surface area contributed by atoms with Gasteiger partial charge < -0.3 is 18.9 Å². The van der Waals surface area contributed by atoms with Crippen LogP contribution in [0.25, 0.3) is 0 Å². The lowest BCUT2D eigenvalue weighted by atomic mass is 10.1. The molecule has 0 saturated heterocycles. The van der Waals surface area contributed by atoms with E-state index in [2.05, 4.69) is 19.1 Å². The molecule has 0 saturated carbocycles. The maximum atomic E-state index is 12.0. The highest BCUT2D eigenvalue weighted by Gasteiger charge is 2.24. The summed E-state index contributed by atoms with van der Waals surface area (Å²) in [6, 6.07) is 0. The predicted molar refractivity (Wildman–Crippen MR) is 146 cm³/mol. The van der Waals surface area contributed by atoms with Gasteiger partial charge in [-0.2, -0.15) is 0 Å². The molecule has 0 radical (unpaired) electrons. The summed E-state index contributed by atoms with van der Waals surface area (Å²) >= 11 is 0. The fourth-order valence-electron chi connectivity index (χ4n) is 3.50. The van der Waals surface area contributed by atoms with Gasteiger partial charge in [-0.25, -0.2) is 4.57 Å². The van der Waals surface area contributed by atoms with Gasteiger partial charge in [0.05, 0.1) is 34.4 Å². The molecule has 0 aromatic heterocycles. The minimum Gasteiger partial charge on any atom is -0.379 e. The van der Waals surface area contributed by atoms with E-state index in [0.717, 1.165) is 12.8 Å². The number of hydrogen-bond donors (Lipinski definition) is 1. The molecule has 0 fully saturated rings. The van der Waals surface area contributed by atoms with Crippen molar-refractivity contribution in [3.05, 3.63) is 12.2 Å². The molecule has 0 aromatic carbocycles. The Morgan fingerprint density at radius 3 is 1.86 bits per heavy atom. The van der Waals surface area contributed by atoms with Crippen molar-refractivity contribution in [3.63, 3.8) is 0 Å². The van der Waals surface area contributed by atoms with Gasteiger partial charge in [0, 0.05) is 13.7 Å². The minimum atomic E-state index is -4.07. The molecular weight excluding hydrogens is 465 g/mol. The van der Waals surface area contributed by atoms with Crippen LogP contribution in [0.15, 0.2) is 12.2 Å². The van der Waals surface area contributed by atoms with Crippen LogP contribution in [0.1, 0.15) is 96.8 Å². The first-order chi connectivity index (χ1) is 16.7. The largest absolute Gasteiger partial charge is 0.472 e. The molecule has 0 aromatic rings. The summed E-state index contributed by atoms with van der Waals surface area (Å²) in [6.45, 7) is 3.99. The van der Waals surface area contributed by atoms with Gasteiger partial charge >= 0.3 is 7.82 Å². The third-order valence-electron chi connectivity index (χ3n) is 5.88. The van der Waals surface area contributed by atoms with Gasteiger partial charge in [0.2, 0.25) is 0 Å². The van der Waals surface area contributed by atoms with E-state index in [0.29, 0.717) is 24.2 Å². The summed E-state index contributed by atoms with van der Waals surface area (Å²) in [7, 11) is 3.43. The van der Waals surface area contributed by atoms with E-state index < -0.39 is 13.9 Å². The molecule has 0 spiro atoms. The van der Waals surface area contributed by atoms with Crippen LogP contribution >= 0.6 is 7.82 Å². The maximum absolute atomic E-state index is 12.0.